The molecule has 1 aliphatic heterocycles. The van der Waals surface area contributed by atoms with Gasteiger partial charge >= 0.3 is 0 Å². The molecular weight excluding hydrogens is 386 g/mol. The number of hydrogen-bond donors (Lipinski definition) is 2. The molecule has 0 spiro atoms. The van der Waals surface area contributed by atoms with E-state index in [2.05, 4.69) is 15.8 Å². The Labute approximate surface area is 172 Å². The molecule has 4 rings (SSSR count). The molecule has 154 valence electrons. The van der Waals surface area contributed by atoms with Crippen LogP contribution in [0.25, 0.3) is 10.9 Å². The van der Waals surface area contributed by atoms with Crippen molar-refractivity contribution in [2.24, 2.45) is 0 Å². The summed E-state index contributed by atoms with van der Waals surface area (Å²) < 4.78 is 7.01. The zero-order valence-electron chi connectivity index (χ0n) is 16.6. The summed E-state index contributed by atoms with van der Waals surface area (Å²) in [5.74, 6) is -0.00606. The molecule has 1 aromatic heterocycles. The number of nitrogens with zero attached hydrogens (tertiary/aromatic N) is 3. The van der Waals surface area contributed by atoms with Gasteiger partial charge in [0, 0.05) is 6.54 Å². The molecule has 0 fully saturated rings. The molecule has 0 radical (unpaired) electrons. The van der Waals surface area contributed by atoms with Gasteiger partial charge < -0.3 is 4.74 Å². The number of fused-ring (bicyclic) bond motifs is 2. The van der Waals surface area contributed by atoms with Gasteiger partial charge in [0.25, 0.3) is 17.4 Å². The second-order valence-corrected chi connectivity index (χ2v) is 6.83. The maximum atomic E-state index is 12.7. The number of carbonyl (C=O) groups excluding carboxylic acids is 2. The summed E-state index contributed by atoms with van der Waals surface area (Å²) in [7, 11) is 0. The highest BCUT2D eigenvalue weighted by molar-refractivity contribution is 6.03. The maximum absolute atomic E-state index is 12.7. The molecule has 1 atom stereocenters. The van der Waals surface area contributed by atoms with Crippen LogP contribution in [-0.2, 0) is 16.1 Å². The maximum Gasteiger partial charge on any atom is 0.268 e. The van der Waals surface area contributed by atoms with E-state index in [0.717, 1.165) is 0 Å². The van der Waals surface area contributed by atoms with E-state index in [4.69, 9.17) is 4.74 Å². The second kappa shape index (κ2) is 7.86. The molecule has 2 heterocycles. The molecule has 2 amide bonds. The van der Waals surface area contributed by atoms with Gasteiger partial charge in [-0.1, -0.05) is 24.3 Å². The number of nitrogens with one attached hydrogen (secondary N) is 2. The number of rotatable bonds is 5. The van der Waals surface area contributed by atoms with Gasteiger partial charge in [0.05, 0.1) is 16.6 Å². The van der Waals surface area contributed by atoms with Crippen LogP contribution in [-0.4, -0.2) is 34.0 Å². The fraction of sp³-hybridized carbons (Fsp3) is 0.238. The SMILES string of the molecule is CCn1c(NNC(=O)CN2C(=O)C(C)Oc3ccccc32)nc2ccccc2c1=O. The van der Waals surface area contributed by atoms with Gasteiger partial charge in [-0.2, -0.15) is 0 Å². The van der Waals surface area contributed by atoms with Gasteiger partial charge in [0.15, 0.2) is 6.10 Å². The Morgan fingerprint density at radius 2 is 1.87 bits per heavy atom. The fourth-order valence-corrected chi connectivity index (χ4v) is 3.39. The lowest BCUT2D eigenvalue weighted by Gasteiger charge is -2.32. The Morgan fingerprint density at radius 3 is 2.67 bits per heavy atom. The average Bonchev–Trinajstić information content (AvgIpc) is 2.75. The topological polar surface area (TPSA) is 106 Å². The number of hydrazine groups is 1. The quantitative estimate of drug-likeness (QED) is 0.624. The van der Waals surface area contributed by atoms with Crippen LogP contribution in [0.1, 0.15) is 13.8 Å². The van der Waals surface area contributed by atoms with Crippen molar-refractivity contribution in [3.05, 3.63) is 58.9 Å². The molecule has 0 bridgehead atoms. The Bertz CT molecular complexity index is 1190. The average molecular weight is 407 g/mol. The lowest BCUT2D eigenvalue weighted by Crippen LogP contribution is -2.49. The summed E-state index contributed by atoms with van der Waals surface area (Å²) in [5.41, 5.74) is 6.11. The van der Waals surface area contributed by atoms with E-state index in [1.54, 1.807) is 55.5 Å². The van der Waals surface area contributed by atoms with Crippen molar-refractivity contribution < 1.29 is 14.3 Å². The zero-order valence-corrected chi connectivity index (χ0v) is 16.6. The van der Waals surface area contributed by atoms with Crippen LogP contribution in [0.4, 0.5) is 11.6 Å². The molecule has 9 nitrogen and oxygen atoms in total. The van der Waals surface area contributed by atoms with E-state index < -0.39 is 12.0 Å². The van der Waals surface area contributed by atoms with Gasteiger partial charge in [-0.15, -0.1) is 0 Å². The van der Waals surface area contributed by atoms with E-state index in [-0.39, 0.29) is 24.0 Å². The number of hydrogen-bond acceptors (Lipinski definition) is 6. The van der Waals surface area contributed by atoms with Crippen LogP contribution >= 0.6 is 0 Å². The van der Waals surface area contributed by atoms with Crippen LogP contribution in [0.3, 0.4) is 0 Å². The lowest BCUT2D eigenvalue weighted by atomic mass is 10.2. The van der Waals surface area contributed by atoms with Crippen molar-refractivity contribution in [1.82, 2.24) is 15.0 Å². The normalized spacial score (nSPS) is 15.5. The first-order valence-corrected chi connectivity index (χ1v) is 9.61. The van der Waals surface area contributed by atoms with E-state index in [1.165, 1.54) is 9.47 Å². The number of para-hydroxylation sites is 3. The van der Waals surface area contributed by atoms with Crippen LogP contribution < -0.4 is 26.0 Å². The Kier molecular flexibility index (Phi) is 5.09. The summed E-state index contributed by atoms with van der Waals surface area (Å²) in [6.45, 7) is 3.62. The second-order valence-electron chi connectivity index (χ2n) is 6.83. The highest BCUT2D eigenvalue weighted by atomic mass is 16.5. The van der Waals surface area contributed by atoms with Crippen LogP contribution in [0.2, 0.25) is 0 Å². The van der Waals surface area contributed by atoms with Crippen molar-refractivity contribution in [2.75, 3.05) is 16.9 Å². The number of amides is 2. The highest BCUT2D eigenvalue weighted by Gasteiger charge is 2.32. The summed E-state index contributed by atoms with van der Waals surface area (Å²) >= 11 is 0. The Balaban J connectivity index is 1.53. The first-order valence-electron chi connectivity index (χ1n) is 9.61. The van der Waals surface area contributed by atoms with Crippen molar-refractivity contribution >= 4 is 34.4 Å². The molecule has 2 aromatic carbocycles. The van der Waals surface area contributed by atoms with Gasteiger partial charge in [-0.25, -0.2) is 4.98 Å². The predicted octanol–water partition coefficient (Wildman–Crippen LogP) is 1.67. The minimum absolute atomic E-state index is 0.203. The van der Waals surface area contributed by atoms with Gasteiger partial charge in [0.2, 0.25) is 5.95 Å². The van der Waals surface area contributed by atoms with E-state index in [9.17, 15) is 14.4 Å². The summed E-state index contributed by atoms with van der Waals surface area (Å²) in [6, 6.07) is 14.1. The largest absolute Gasteiger partial charge is 0.479 e. The summed E-state index contributed by atoms with van der Waals surface area (Å²) in [5, 5.41) is 0.501. The monoisotopic (exact) mass is 407 g/mol. The van der Waals surface area contributed by atoms with Gasteiger partial charge in [-0.05, 0) is 38.1 Å². The van der Waals surface area contributed by atoms with E-state index >= 15 is 0 Å². The van der Waals surface area contributed by atoms with Crippen molar-refractivity contribution in [1.29, 1.82) is 0 Å². The number of aromatic nitrogens is 2. The number of ether oxygens (including phenoxy) is 1. The van der Waals surface area contributed by atoms with Crippen LogP contribution in [0, 0.1) is 0 Å². The molecule has 9 heteroatoms. The van der Waals surface area contributed by atoms with Crippen molar-refractivity contribution in [2.45, 2.75) is 26.5 Å². The number of benzene rings is 2. The first-order chi connectivity index (χ1) is 14.5. The molecule has 0 aliphatic carbocycles. The molecule has 1 aliphatic rings. The smallest absolute Gasteiger partial charge is 0.268 e. The third kappa shape index (κ3) is 3.45. The molecule has 3 aromatic rings. The third-order valence-corrected chi connectivity index (χ3v) is 4.87. The van der Waals surface area contributed by atoms with E-state index in [1.807, 2.05) is 6.92 Å². The summed E-state index contributed by atoms with van der Waals surface area (Å²) in [4.78, 5) is 43.6. The zero-order chi connectivity index (χ0) is 21.3. The number of carbonyl (C=O) groups is 2. The Morgan fingerprint density at radius 1 is 1.13 bits per heavy atom. The van der Waals surface area contributed by atoms with E-state index in [0.29, 0.717) is 28.9 Å². The van der Waals surface area contributed by atoms with Crippen molar-refractivity contribution in [3.8, 4) is 5.75 Å². The standard InChI is InChI=1S/C21H21N5O4/c1-3-25-20(29)14-8-4-5-9-15(14)22-21(25)24-23-18(27)12-26-16-10-6-7-11-17(16)30-13(2)19(26)28/h4-11,13H,3,12H2,1-2H3,(H,22,24)(H,23,27). The molecule has 30 heavy (non-hydrogen) atoms. The molecular formula is C21H21N5O4. The predicted molar refractivity (Wildman–Crippen MR) is 112 cm³/mol. The molecule has 1 unspecified atom stereocenters. The highest BCUT2D eigenvalue weighted by Crippen LogP contribution is 2.33. The molecule has 2 N–H and O–H groups in total. The minimum atomic E-state index is -0.687. The Hall–Kier alpha value is -3.88. The summed E-state index contributed by atoms with van der Waals surface area (Å²) in [6.07, 6.45) is -0.687. The third-order valence-electron chi connectivity index (χ3n) is 4.87. The van der Waals surface area contributed by atoms with Crippen LogP contribution in [0.15, 0.2) is 53.3 Å². The number of anilines is 2. The van der Waals surface area contributed by atoms with Crippen molar-refractivity contribution in [3.63, 3.8) is 0 Å². The molecule has 0 saturated carbocycles. The molecule has 0 saturated heterocycles. The lowest BCUT2D eigenvalue weighted by molar-refractivity contribution is -0.128. The van der Waals surface area contributed by atoms with Crippen LogP contribution in [0.5, 0.6) is 5.75 Å². The van der Waals surface area contributed by atoms with Gasteiger partial charge in [0.1, 0.15) is 12.3 Å². The van der Waals surface area contributed by atoms with Gasteiger partial charge in [-0.3, -0.25) is 34.7 Å². The minimum Gasteiger partial charge on any atom is -0.479 e. The fourth-order valence-electron chi connectivity index (χ4n) is 3.39. The first kappa shape index (κ1) is 19.4.